The molecule has 1 aliphatic carbocycles. The smallest absolute Gasteiger partial charge is 0.221 e. The molecule has 1 amide bonds. The first kappa shape index (κ1) is 12.3. The first-order valence-electron chi connectivity index (χ1n) is 5.60. The van der Waals surface area contributed by atoms with E-state index in [-0.39, 0.29) is 11.7 Å². The number of amides is 1. The molecule has 0 saturated heterocycles. The predicted octanol–water partition coefficient (Wildman–Crippen LogP) is 2.93. The van der Waals surface area contributed by atoms with Crippen LogP contribution in [0, 0.1) is 0 Å². The summed E-state index contributed by atoms with van der Waals surface area (Å²) in [5.41, 5.74) is 2.51. The normalized spacial score (nSPS) is 22.4. The van der Waals surface area contributed by atoms with Crippen molar-refractivity contribution in [2.45, 2.75) is 31.0 Å². The molecule has 90 valence electrons. The lowest BCUT2D eigenvalue weighted by atomic mass is 10.0. The number of hydrogen-bond acceptors (Lipinski definition) is 2. The summed E-state index contributed by atoms with van der Waals surface area (Å²) in [6.45, 7) is 3.46. The number of carbonyl (C=O) groups is 2. The van der Waals surface area contributed by atoms with Crippen molar-refractivity contribution in [3.05, 3.63) is 29.3 Å². The van der Waals surface area contributed by atoms with Crippen LogP contribution in [0.5, 0.6) is 0 Å². The van der Waals surface area contributed by atoms with Gasteiger partial charge in [0.25, 0.3) is 0 Å². The van der Waals surface area contributed by atoms with Crippen molar-refractivity contribution in [2.24, 2.45) is 0 Å². The zero-order chi connectivity index (χ0) is 12.6. The third kappa shape index (κ3) is 2.14. The molecule has 0 aromatic heterocycles. The van der Waals surface area contributed by atoms with E-state index in [1.165, 1.54) is 6.92 Å². The molecule has 0 spiro atoms. The number of fused-ring (bicyclic) bond motifs is 1. The molecule has 0 heterocycles. The van der Waals surface area contributed by atoms with Crippen LogP contribution in [0.3, 0.4) is 0 Å². The summed E-state index contributed by atoms with van der Waals surface area (Å²) in [6, 6.07) is 5.45. The zero-order valence-electron chi connectivity index (χ0n) is 9.84. The first-order valence-corrected chi connectivity index (χ1v) is 6.40. The molecule has 4 heteroatoms. The van der Waals surface area contributed by atoms with E-state index in [0.717, 1.165) is 23.2 Å². The van der Waals surface area contributed by atoms with E-state index in [0.29, 0.717) is 6.42 Å². The highest BCUT2D eigenvalue weighted by Crippen LogP contribution is 2.39. The highest BCUT2D eigenvalue weighted by atomic mass is 79.9. The third-order valence-corrected chi connectivity index (χ3v) is 4.31. The maximum atomic E-state index is 12.1. The number of nitrogens with one attached hydrogen (secondary N) is 1. The van der Waals surface area contributed by atoms with Crippen LogP contribution >= 0.6 is 15.9 Å². The van der Waals surface area contributed by atoms with Crippen LogP contribution in [0.15, 0.2) is 18.2 Å². The number of Topliss-reactive ketones (excluding diaryl/α,β-unsaturated/α-hetero) is 1. The number of benzene rings is 1. The van der Waals surface area contributed by atoms with Crippen LogP contribution in [0.1, 0.15) is 36.2 Å². The maximum Gasteiger partial charge on any atom is 0.221 e. The standard InChI is InChI=1S/C13H14BrNO2/c1-3-13(14)7-9-6-10(15-8(2)16)4-5-11(9)12(13)17/h4-6H,3,7H2,1-2H3,(H,15,16). The molecular formula is C13H14BrNO2. The highest BCUT2D eigenvalue weighted by Gasteiger charge is 2.41. The van der Waals surface area contributed by atoms with Gasteiger partial charge in [0.1, 0.15) is 0 Å². The predicted molar refractivity (Wildman–Crippen MR) is 70.7 cm³/mol. The zero-order valence-corrected chi connectivity index (χ0v) is 11.4. The van der Waals surface area contributed by atoms with E-state index in [2.05, 4.69) is 21.2 Å². The molecule has 1 unspecified atom stereocenters. The van der Waals surface area contributed by atoms with Crippen LogP contribution < -0.4 is 5.32 Å². The van der Waals surface area contributed by atoms with Crippen LogP contribution in [0.2, 0.25) is 0 Å². The van der Waals surface area contributed by atoms with Crippen molar-refractivity contribution in [3.63, 3.8) is 0 Å². The lowest BCUT2D eigenvalue weighted by Crippen LogP contribution is -2.27. The Bertz CT molecular complexity index is 498. The fourth-order valence-corrected chi connectivity index (χ4v) is 2.67. The average molecular weight is 296 g/mol. The number of anilines is 1. The highest BCUT2D eigenvalue weighted by molar-refractivity contribution is 9.10. The molecule has 2 rings (SSSR count). The van der Waals surface area contributed by atoms with Gasteiger partial charge in [0, 0.05) is 18.2 Å². The quantitative estimate of drug-likeness (QED) is 0.853. The second-order valence-electron chi connectivity index (χ2n) is 4.38. The van der Waals surface area contributed by atoms with Gasteiger partial charge < -0.3 is 5.32 Å². The minimum Gasteiger partial charge on any atom is -0.326 e. The number of hydrogen-bond donors (Lipinski definition) is 1. The Morgan fingerprint density at radius 2 is 2.24 bits per heavy atom. The minimum absolute atomic E-state index is 0.102. The summed E-state index contributed by atoms with van der Waals surface area (Å²) in [4.78, 5) is 23.1. The number of alkyl halides is 1. The second-order valence-corrected chi connectivity index (χ2v) is 5.90. The number of rotatable bonds is 2. The Labute approximate surface area is 109 Å². The van der Waals surface area contributed by atoms with Crippen molar-refractivity contribution < 1.29 is 9.59 Å². The van der Waals surface area contributed by atoms with Crippen molar-refractivity contribution in [2.75, 3.05) is 5.32 Å². The summed E-state index contributed by atoms with van der Waals surface area (Å²) in [5.74, 6) is 0.0410. The van der Waals surface area contributed by atoms with E-state index in [9.17, 15) is 9.59 Å². The van der Waals surface area contributed by atoms with Gasteiger partial charge >= 0.3 is 0 Å². The summed E-state index contributed by atoms with van der Waals surface area (Å²) >= 11 is 3.53. The van der Waals surface area contributed by atoms with Crippen molar-refractivity contribution >= 4 is 33.3 Å². The van der Waals surface area contributed by atoms with Gasteiger partial charge in [0.05, 0.1) is 4.32 Å². The number of halogens is 1. The summed E-state index contributed by atoms with van der Waals surface area (Å²) in [6.07, 6.45) is 1.45. The van der Waals surface area contributed by atoms with Crippen molar-refractivity contribution in [3.8, 4) is 0 Å². The lowest BCUT2D eigenvalue weighted by Gasteiger charge is -2.15. The molecule has 0 radical (unpaired) electrons. The molecule has 0 fully saturated rings. The molecular weight excluding hydrogens is 282 g/mol. The van der Waals surface area contributed by atoms with E-state index in [1.807, 2.05) is 13.0 Å². The van der Waals surface area contributed by atoms with E-state index >= 15 is 0 Å². The molecule has 1 aliphatic rings. The van der Waals surface area contributed by atoms with Gasteiger partial charge in [0.2, 0.25) is 5.91 Å². The lowest BCUT2D eigenvalue weighted by molar-refractivity contribution is -0.114. The molecule has 17 heavy (non-hydrogen) atoms. The largest absolute Gasteiger partial charge is 0.326 e. The summed E-state index contributed by atoms with van der Waals surface area (Å²) in [7, 11) is 0. The Kier molecular flexibility index (Phi) is 3.08. The minimum atomic E-state index is -0.454. The van der Waals surface area contributed by atoms with Crippen LogP contribution in [0.25, 0.3) is 0 Å². The van der Waals surface area contributed by atoms with Crippen molar-refractivity contribution in [1.82, 2.24) is 0 Å². The third-order valence-electron chi connectivity index (χ3n) is 3.11. The Morgan fingerprint density at radius 1 is 1.53 bits per heavy atom. The summed E-state index contributed by atoms with van der Waals surface area (Å²) in [5, 5.41) is 2.73. The van der Waals surface area contributed by atoms with E-state index in [1.54, 1.807) is 12.1 Å². The van der Waals surface area contributed by atoms with Crippen LogP contribution in [0.4, 0.5) is 5.69 Å². The Hall–Kier alpha value is -1.16. The Balaban J connectivity index is 2.36. The first-order chi connectivity index (χ1) is 7.96. The molecule has 0 aliphatic heterocycles. The molecule has 1 atom stereocenters. The topological polar surface area (TPSA) is 46.2 Å². The number of ketones is 1. The van der Waals surface area contributed by atoms with Gasteiger partial charge in [-0.15, -0.1) is 0 Å². The van der Waals surface area contributed by atoms with Gasteiger partial charge in [-0.1, -0.05) is 22.9 Å². The second kappa shape index (κ2) is 4.26. The van der Waals surface area contributed by atoms with Crippen molar-refractivity contribution in [1.29, 1.82) is 0 Å². The molecule has 1 N–H and O–H groups in total. The maximum absolute atomic E-state index is 12.1. The van der Waals surface area contributed by atoms with Gasteiger partial charge in [-0.3, -0.25) is 9.59 Å². The average Bonchev–Trinajstić information content (AvgIpc) is 2.51. The van der Waals surface area contributed by atoms with Gasteiger partial charge in [-0.2, -0.15) is 0 Å². The molecule has 3 nitrogen and oxygen atoms in total. The fourth-order valence-electron chi connectivity index (χ4n) is 2.15. The molecule has 1 aromatic rings. The van der Waals surface area contributed by atoms with Gasteiger partial charge in [-0.05, 0) is 36.6 Å². The molecule has 1 aromatic carbocycles. The van der Waals surface area contributed by atoms with E-state index < -0.39 is 4.32 Å². The van der Waals surface area contributed by atoms with E-state index in [4.69, 9.17) is 0 Å². The number of carbonyl (C=O) groups excluding carboxylic acids is 2. The van der Waals surface area contributed by atoms with Gasteiger partial charge in [-0.25, -0.2) is 0 Å². The van der Waals surface area contributed by atoms with Crippen LogP contribution in [-0.4, -0.2) is 16.0 Å². The SMILES string of the molecule is CCC1(Br)Cc2cc(NC(C)=O)ccc2C1=O. The fraction of sp³-hybridized carbons (Fsp3) is 0.385. The van der Waals surface area contributed by atoms with Gasteiger partial charge in [0.15, 0.2) is 5.78 Å². The van der Waals surface area contributed by atoms with Crippen LogP contribution in [-0.2, 0) is 11.2 Å². The molecule has 0 saturated carbocycles. The monoisotopic (exact) mass is 295 g/mol. The molecule has 0 bridgehead atoms. The Morgan fingerprint density at radius 3 is 2.82 bits per heavy atom. The summed E-state index contributed by atoms with van der Waals surface area (Å²) < 4.78 is -0.454.